The Morgan fingerprint density at radius 3 is 2.72 bits per heavy atom. The van der Waals surface area contributed by atoms with Crippen LogP contribution in [0.4, 0.5) is 0 Å². The lowest BCUT2D eigenvalue weighted by Crippen LogP contribution is -2.31. The number of benzene rings is 1. The quantitative estimate of drug-likeness (QED) is 0.582. The summed E-state index contributed by atoms with van der Waals surface area (Å²) in [5.41, 5.74) is 0.591. The van der Waals surface area contributed by atoms with Crippen LogP contribution >= 0.6 is 8.58 Å². The highest BCUT2D eigenvalue weighted by atomic mass is 31.1. The summed E-state index contributed by atoms with van der Waals surface area (Å²) in [5.74, 6) is -1.34. The number of aliphatic carboxylic acids is 1. The average molecular weight is 267 g/mol. The zero-order chi connectivity index (χ0) is 13.4. The highest BCUT2D eigenvalue weighted by molar-refractivity contribution is 7.47. The molecule has 0 aliphatic carbocycles. The summed E-state index contributed by atoms with van der Waals surface area (Å²) in [7, 11) is 0.594. The summed E-state index contributed by atoms with van der Waals surface area (Å²) in [5, 5.41) is 11.9. The van der Waals surface area contributed by atoms with Crippen LogP contribution in [0.5, 0.6) is 0 Å². The summed E-state index contributed by atoms with van der Waals surface area (Å²) in [6, 6.07) is 7.38. The van der Waals surface area contributed by atoms with Crippen LogP contribution in [-0.4, -0.2) is 29.7 Å². The fourth-order valence-electron chi connectivity index (χ4n) is 1.49. The third-order valence-electron chi connectivity index (χ3n) is 2.42. The van der Waals surface area contributed by atoms with Crippen LogP contribution in [0.3, 0.4) is 0 Å². The van der Waals surface area contributed by atoms with Crippen molar-refractivity contribution < 1.29 is 14.7 Å². The van der Waals surface area contributed by atoms with E-state index >= 15 is 0 Å². The molecule has 2 N–H and O–H groups in total. The standard InChI is InChI=1S/C13H18NO3P/c1-2-3-8-18-11-7-5-4-6-10(11)13(17)14-9-12(15)16/h4-7,18H,2-3,8-9H2,1H3,(H,14,17)(H,15,16). The lowest BCUT2D eigenvalue weighted by Gasteiger charge is -2.08. The maximum Gasteiger partial charge on any atom is 0.322 e. The molecular formula is C13H18NO3P. The minimum absolute atomic E-state index is 0.308. The summed E-state index contributed by atoms with van der Waals surface area (Å²) in [6.45, 7) is 1.79. The van der Waals surface area contributed by atoms with Gasteiger partial charge in [-0.25, -0.2) is 0 Å². The predicted molar refractivity (Wildman–Crippen MR) is 74.1 cm³/mol. The van der Waals surface area contributed by atoms with E-state index < -0.39 is 5.97 Å². The number of rotatable bonds is 7. The fraction of sp³-hybridized carbons (Fsp3) is 0.385. The molecular weight excluding hydrogens is 249 g/mol. The monoisotopic (exact) mass is 267 g/mol. The van der Waals surface area contributed by atoms with E-state index in [1.807, 2.05) is 12.1 Å². The Bertz CT molecular complexity index is 420. The number of carboxylic acid groups (broad SMARTS) is 1. The summed E-state index contributed by atoms with van der Waals surface area (Å²) >= 11 is 0. The zero-order valence-corrected chi connectivity index (χ0v) is 11.4. The molecule has 0 heterocycles. The van der Waals surface area contributed by atoms with Gasteiger partial charge in [0, 0.05) is 5.56 Å². The molecule has 18 heavy (non-hydrogen) atoms. The number of carbonyl (C=O) groups excluding carboxylic acids is 1. The van der Waals surface area contributed by atoms with Gasteiger partial charge in [-0.2, -0.15) is 0 Å². The van der Waals surface area contributed by atoms with Gasteiger partial charge in [-0.1, -0.05) is 40.1 Å². The normalized spacial score (nSPS) is 10.7. The third kappa shape index (κ3) is 4.84. The van der Waals surface area contributed by atoms with E-state index in [0.29, 0.717) is 14.1 Å². The second-order valence-corrected chi connectivity index (χ2v) is 5.29. The number of hydrogen-bond acceptors (Lipinski definition) is 2. The van der Waals surface area contributed by atoms with E-state index in [4.69, 9.17) is 5.11 Å². The molecule has 0 spiro atoms. The first-order valence-corrected chi connectivity index (χ1v) is 7.18. The fourth-order valence-corrected chi connectivity index (χ4v) is 2.89. The topological polar surface area (TPSA) is 66.4 Å². The molecule has 98 valence electrons. The van der Waals surface area contributed by atoms with Crippen molar-refractivity contribution in [2.75, 3.05) is 12.7 Å². The first-order valence-electron chi connectivity index (χ1n) is 5.98. The number of hydrogen-bond donors (Lipinski definition) is 2. The molecule has 1 aromatic carbocycles. The van der Waals surface area contributed by atoms with Gasteiger partial charge in [0.2, 0.25) is 0 Å². The van der Waals surface area contributed by atoms with E-state index in [1.54, 1.807) is 12.1 Å². The molecule has 0 saturated heterocycles. The molecule has 0 fully saturated rings. The van der Waals surface area contributed by atoms with Crippen LogP contribution in [0.1, 0.15) is 30.1 Å². The Hall–Kier alpha value is -1.41. The third-order valence-corrected chi connectivity index (χ3v) is 3.84. The van der Waals surface area contributed by atoms with E-state index in [9.17, 15) is 9.59 Å². The molecule has 0 aliphatic heterocycles. The van der Waals surface area contributed by atoms with Crippen LogP contribution in [0, 0.1) is 0 Å². The van der Waals surface area contributed by atoms with Crippen LogP contribution in [0.2, 0.25) is 0 Å². The Morgan fingerprint density at radius 2 is 2.06 bits per heavy atom. The van der Waals surface area contributed by atoms with Crippen molar-refractivity contribution in [3.8, 4) is 0 Å². The molecule has 0 bridgehead atoms. The molecule has 0 saturated carbocycles. The number of nitrogens with one attached hydrogen (secondary N) is 1. The Morgan fingerprint density at radius 1 is 1.33 bits per heavy atom. The zero-order valence-electron chi connectivity index (χ0n) is 10.4. The van der Waals surface area contributed by atoms with Gasteiger partial charge < -0.3 is 10.4 Å². The SMILES string of the molecule is CCCCPc1ccccc1C(=O)NCC(=O)O. The molecule has 1 atom stereocenters. The molecule has 5 heteroatoms. The largest absolute Gasteiger partial charge is 0.480 e. The van der Waals surface area contributed by atoms with Crippen molar-refractivity contribution in [1.29, 1.82) is 0 Å². The average Bonchev–Trinajstić information content (AvgIpc) is 2.37. The first-order chi connectivity index (χ1) is 8.65. The predicted octanol–water partition coefficient (Wildman–Crippen LogP) is 1.60. The van der Waals surface area contributed by atoms with Crippen molar-refractivity contribution in [1.82, 2.24) is 5.32 Å². The minimum atomic E-state index is -1.03. The maximum absolute atomic E-state index is 11.8. The van der Waals surface area contributed by atoms with Crippen LogP contribution < -0.4 is 10.6 Å². The van der Waals surface area contributed by atoms with Crippen molar-refractivity contribution in [2.45, 2.75) is 19.8 Å². The van der Waals surface area contributed by atoms with Gasteiger partial charge in [-0.05, 0) is 24.0 Å². The number of unbranched alkanes of at least 4 members (excludes halogenated alkanes) is 1. The molecule has 4 nitrogen and oxygen atoms in total. The van der Waals surface area contributed by atoms with E-state index in [2.05, 4.69) is 12.2 Å². The van der Waals surface area contributed by atoms with Gasteiger partial charge in [0.15, 0.2) is 0 Å². The summed E-state index contributed by atoms with van der Waals surface area (Å²) in [6.07, 6.45) is 3.35. The van der Waals surface area contributed by atoms with Crippen molar-refractivity contribution in [3.63, 3.8) is 0 Å². The van der Waals surface area contributed by atoms with Crippen molar-refractivity contribution in [2.24, 2.45) is 0 Å². The molecule has 1 unspecified atom stereocenters. The summed E-state index contributed by atoms with van der Waals surface area (Å²) < 4.78 is 0. The maximum atomic E-state index is 11.8. The molecule has 1 amide bonds. The highest BCUT2D eigenvalue weighted by Gasteiger charge is 2.11. The lowest BCUT2D eigenvalue weighted by atomic mass is 10.2. The van der Waals surface area contributed by atoms with Gasteiger partial charge in [0.25, 0.3) is 5.91 Å². The van der Waals surface area contributed by atoms with Gasteiger partial charge in [0.1, 0.15) is 6.54 Å². The Labute approximate surface area is 109 Å². The van der Waals surface area contributed by atoms with Crippen LogP contribution in [0.25, 0.3) is 0 Å². The second kappa shape index (κ2) is 7.83. The van der Waals surface area contributed by atoms with E-state index in [1.165, 1.54) is 0 Å². The second-order valence-electron chi connectivity index (χ2n) is 3.90. The number of carboxylic acids is 1. The van der Waals surface area contributed by atoms with Crippen molar-refractivity contribution >= 4 is 25.8 Å². The van der Waals surface area contributed by atoms with E-state index in [0.717, 1.165) is 24.3 Å². The molecule has 1 aromatic rings. The Kier molecular flexibility index (Phi) is 6.37. The number of amides is 1. The smallest absolute Gasteiger partial charge is 0.322 e. The lowest BCUT2D eigenvalue weighted by molar-refractivity contribution is -0.135. The van der Waals surface area contributed by atoms with Gasteiger partial charge in [0.05, 0.1) is 0 Å². The van der Waals surface area contributed by atoms with Crippen LogP contribution in [0.15, 0.2) is 24.3 Å². The van der Waals surface area contributed by atoms with Crippen molar-refractivity contribution in [3.05, 3.63) is 29.8 Å². The van der Waals surface area contributed by atoms with Gasteiger partial charge in [-0.3, -0.25) is 9.59 Å². The molecule has 1 rings (SSSR count). The Balaban J connectivity index is 2.68. The summed E-state index contributed by atoms with van der Waals surface area (Å²) in [4.78, 5) is 22.3. The van der Waals surface area contributed by atoms with Crippen LogP contribution in [-0.2, 0) is 4.79 Å². The highest BCUT2D eigenvalue weighted by Crippen LogP contribution is 2.15. The molecule has 0 radical (unpaired) electrons. The van der Waals surface area contributed by atoms with Gasteiger partial charge >= 0.3 is 5.97 Å². The van der Waals surface area contributed by atoms with E-state index in [-0.39, 0.29) is 12.5 Å². The number of carbonyl (C=O) groups is 2. The minimum Gasteiger partial charge on any atom is -0.480 e. The first kappa shape index (κ1) is 14.7. The molecule has 0 aromatic heterocycles. The van der Waals surface area contributed by atoms with Gasteiger partial charge in [-0.15, -0.1) is 0 Å². The molecule has 0 aliphatic rings.